The molecule has 0 fully saturated rings. The van der Waals surface area contributed by atoms with Gasteiger partial charge in [-0.15, -0.1) is 0 Å². The summed E-state index contributed by atoms with van der Waals surface area (Å²) in [6.45, 7) is 6.57. The van der Waals surface area contributed by atoms with Crippen molar-refractivity contribution in [3.63, 3.8) is 0 Å². The van der Waals surface area contributed by atoms with Crippen LogP contribution in [0.15, 0.2) is 59.1 Å². The molecule has 0 heterocycles. The van der Waals surface area contributed by atoms with Crippen molar-refractivity contribution >= 4 is 44.8 Å². The maximum atomic E-state index is 12.3. The minimum Gasteiger partial charge on any atom is -0.483 e. The number of rotatable bonds is 7. The van der Waals surface area contributed by atoms with E-state index in [1.54, 1.807) is 0 Å². The molecule has 0 aliphatic carbocycles. The largest absolute Gasteiger partial charge is 0.483 e. The van der Waals surface area contributed by atoms with Crippen molar-refractivity contribution in [1.29, 1.82) is 0 Å². The number of benzene rings is 3. The topological polar surface area (TPSA) is 50.4 Å². The lowest BCUT2D eigenvalue weighted by Gasteiger charge is -2.13. The first-order valence-corrected chi connectivity index (χ1v) is 10.8. The second-order valence-electron chi connectivity index (χ2n) is 7.12. The summed E-state index contributed by atoms with van der Waals surface area (Å²) >= 11 is 9.70. The first-order valence-electron chi connectivity index (χ1n) is 9.61. The Labute approximate surface area is 190 Å². The molecule has 1 amide bonds. The highest BCUT2D eigenvalue weighted by Gasteiger charge is 2.09. The predicted molar refractivity (Wildman–Crippen MR) is 128 cm³/mol. The van der Waals surface area contributed by atoms with Gasteiger partial charge in [-0.3, -0.25) is 4.79 Å². The molecule has 0 atom stereocenters. The molecule has 3 aromatic carbocycles. The summed E-state index contributed by atoms with van der Waals surface area (Å²) in [5, 5.41) is 7.03. The van der Waals surface area contributed by atoms with E-state index in [4.69, 9.17) is 16.3 Å². The quantitative estimate of drug-likeness (QED) is 0.392. The molecule has 2 N–H and O–H groups in total. The van der Waals surface area contributed by atoms with Crippen LogP contribution >= 0.6 is 27.5 Å². The number of nitrogens with one attached hydrogen (secondary N) is 2. The monoisotopic (exact) mass is 486 g/mol. The Balaban J connectivity index is 1.56. The summed E-state index contributed by atoms with van der Waals surface area (Å²) < 4.78 is 6.49. The second-order valence-corrected chi connectivity index (χ2v) is 8.38. The van der Waals surface area contributed by atoms with E-state index in [9.17, 15) is 4.79 Å². The van der Waals surface area contributed by atoms with Gasteiger partial charge >= 0.3 is 0 Å². The number of aryl methyl sites for hydroxylation is 1. The Morgan fingerprint density at radius 2 is 1.73 bits per heavy atom. The first kappa shape index (κ1) is 22.2. The lowest BCUT2D eigenvalue weighted by atomic mass is 10.1. The molecule has 30 heavy (non-hydrogen) atoms. The fourth-order valence-corrected chi connectivity index (χ4v) is 3.70. The number of anilines is 2. The normalized spacial score (nSPS) is 10.6. The van der Waals surface area contributed by atoms with Crippen molar-refractivity contribution in [3.8, 4) is 5.75 Å². The zero-order chi connectivity index (χ0) is 21.7. The van der Waals surface area contributed by atoms with Gasteiger partial charge in [0.2, 0.25) is 0 Å². The van der Waals surface area contributed by atoms with E-state index in [2.05, 4.69) is 26.6 Å². The zero-order valence-corrected chi connectivity index (χ0v) is 19.5. The predicted octanol–water partition coefficient (Wildman–Crippen LogP) is 6.66. The molecule has 156 valence electrons. The van der Waals surface area contributed by atoms with Gasteiger partial charge in [-0.05, 0) is 89.3 Å². The maximum absolute atomic E-state index is 12.3. The third-order valence-electron chi connectivity index (χ3n) is 4.98. The highest BCUT2D eigenvalue weighted by molar-refractivity contribution is 9.10. The number of carbonyl (C=O) groups excluding carboxylic acids is 1. The number of halogens is 2. The van der Waals surface area contributed by atoms with E-state index in [1.165, 1.54) is 0 Å². The van der Waals surface area contributed by atoms with Crippen LogP contribution in [0, 0.1) is 20.8 Å². The van der Waals surface area contributed by atoms with Crippen LogP contribution in [0.3, 0.4) is 0 Å². The van der Waals surface area contributed by atoms with Crippen LogP contribution in [-0.4, -0.2) is 12.5 Å². The summed E-state index contributed by atoms with van der Waals surface area (Å²) in [5.41, 5.74) is 6.09. The van der Waals surface area contributed by atoms with Gasteiger partial charge in [0.1, 0.15) is 5.75 Å². The fourth-order valence-electron chi connectivity index (χ4n) is 2.98. The molecule has 0 unspecified atom stereocenters. The molecule has 0 saturated heterocycles. The Hall–Kier alpha value is -2.50. The van der Waals surface area contributed by atoms with E-state index in [0.29, 0.717) is 12.3 Å². The summed E-state index contributed by atoms with van der Waals surface area (Å²) in [4.78, 5) is 12.3. The lowest BCUT2D eigenvalue weighted by molar-refractivity contribution is -0.118. The maximum Gasteiger partial charge on any atom is 0.262 e. The van der Waals surface area contributed by atoms with Gasteiger partial charge in [-0.2, -0.15) is 0 Å². The minimum atomic E-state index is -0.197. The Morgan fingerprint density at radius 1 is 1.00 bits per heavy atom. The van der Waals surface area contributed by atoms with Crippen molar-refractivity contribution in [1.82, 2.24) is 0 Å². The number of ether oxygens (including phenoxy) is 1. The van der Waals surface area contributed by atoms with Crippen LogP contribution < -0.4 is 15.4 Å². The van der Waals surface area contributed by atoms with Crippen molar-refractivity contribution < 1.29 is 9.53 Å². The molecule has 0 saturated carbocycles. The molecule has 3 aromatic rings. The van der Waals surface area contributed by atoms with E-state index < -0.39 is 0 Å². The number of hydrogen-bond donors (Lipinski definition) is 2. The molecule has 4 nitrogen and oxygen atoms in total. The van der Waals surface area contributed by atoms with E-state index in [0.717, 1.165) is 43.1 Å². The molecule has 0 radical (unpaired) electrons. The summed E-state index contributed by atoms with van der Waals surface area (Å²) in [6.07, 6.45) is 0. The third-order valence-corrected chi connectivity index (χ3v) is 6.01. The minimum absolute atomic E-state index is 0.0642. The number of carbonyl (C=O) groups is 1. The van der Waals surface area contributed by atoms with Gasteiger partial charge in [0.25, 0.3) is 5.91 Å². The first-order chi connectivity index (χ1) is 14.3. The highest BCUT2D eigenvalue weighted by atomic mass is 79.9. The molecule has 3 rings (SSSR count). The van der Waals surface area contributed by atoms with Gasteiger partial charge in [-0.1, -0.05) is 35.9 Å². The molecule has 6 heteroatoms. The highest BCUT2D eigenvalue weighted by Crippen LogP contribution is 2.28. The van der Waals surface area contributed by atoms with Crippen LogP contribution in [0.4, 0.5) is 11.4 Å². The van der Waals surface area contributed by atoms with Crippen molar-refractivity contribution in [2.75, 3.05) is 17.2 Å². The average Bonchev–Trinajstić information content (AvgIpc) is 2.72. The van der Waals surface area contributed by atoms with Crippen molar-refractivity contribution in [3.05, 3.63) is 86.3 Å². The summed E-state index contributed by atoms with van der Waals surface area (Å²) in [5.74, 6) is 0.423. The van der Waals surface area contributed by atoms with Crippen LogP contribution in [0.25, 0.3) is 0 Å². The van der Waals surface area contributed by atoms with Crippen LogP contribution in [0.2, 0.25) is 5.02 Å². The van der Waals surface area contributed by atoms with Crippen molar-refractivity contribution in [2.45, 2.75) is 27.3 Å². The molecule has 0 bridgehead atoms. The lowest BCUT2D eigenvalue weighted by Crippen LogP contribution is -2.21. The van der Waals surface area contributed by atoms with E-state index in [1.807, 2.05) is 75.4 Å². The van der Waals surface area contributed by atoms with E-state index >= 15 is 0 Å². The summed E-state index contributed by atoms with van der Waals surface area (Å²) in [6, 6.07) is 17.4. The Morgan fingerprint density at radius 3 is 2.50 bits per heavy atom. The molecule has 0 aliphatic rings. The van der Waals surface area contributed by atoms with Gasteiger partial charge in [0.15, 0.2) is 6.61 Å². The van der Waals surface area contributed by atoms with Gasteiger partial charge in [0.05, 0.1) is 4.47 Å². The molecule has 0 aliphatic heterocycles. The second kappa shape index (κ2) is 10.0. The van der Waals surface area contributed by atoms with Gasteiger partial charge in [-0.25, -0.2) is 0 Å². The van der Waals surface area contributed by atoms with Crippen LogP contribution in [0.1, 0.15) is 22.3 Å². The molecule has 0 spiro atoms. The third kappa shape index (κ3) is 5.55. The van der Waals surface area contributed by atoms with Crippen LogP contribution in [0.5, 0.6) is 5.75 Å². The number of amides is 1. The SMILES string of the molecule is Cc1cccc(NC(=O)COc2ccc(CNc3cccc(Cl)c3C)cc2Br)c1C. The Kier molecular flexibility index (Phi) is 7.40. The van der Waals surface area contributed by atoms with Gasteiger partial charge < -0.3 is 15.4 Å². The molecular formula is C24H24BrClN2O2. The smallest absolute Gasteiger partial charge is 0.262 e. The molecule has 0 aromatic heterocycles. The van der Waals surface area contributed by atoms with E-state index in [-0.39, 0.29) is 12.5 Å². The standard InChI is InChI=1S/C24H24BrClN2O2/c1-15-6-4-9-22(16(15)2)28-24(29)14-30-23-11-10-18(12-19(23)25)13-27-21-8-5-7-20(26)17(21)3/h4-12,27H,13-14H2,1-3H3,(H,28,29). The van der Waals surface area contributed by atoms with Gasteiger partial charge in [0, 0.05) is 22.9 Å². The average molecular weight is 488 g/mol. The Bertz CT molecular complexity index is 1070. The van der Waals surface area contributed by atoms with Crippen molar-refractivity contribution in [2.24, 2.45) is 0 Å². The van der Waals surface area contributed by atoms with Crippen LogP contribution in [-0.2, 0) is 11.3 Å². The zero-order valence-electron chi connectivity index (χ0n) is 17.2. The fraction of sp³-hybridized carbons (Fsp3) is 0.208. The summed E-state index contributed by atoms with van der Waals surface area (Å²) in [7, 11) is 0. The number of hydrogen-bond acceptors (Lipinski definition) is 3. The molecular weight excluding hydrogens is 464 g/mol.